The minimum absolute atomic E-state index is 0.00588. The molecule has 0 aromatic heterocycles. The van der Waals surface area contributed by atoms with Crippen LogP contribution < -0.4 is 5.32 Å². The lowest BCUT2D eigenvalue weighted by atomic mass is 10.1. The van der Waals surface area contributed by atoms with Crippen LogP contribution in [0.5, 0.6) is 0 Å². The van der Waals surface area contributed by atoms with Crippen LogP contribution in [0.2, 0.25) is 0 Å². The lowest BCUT2D eigenvalue weighted by Gasteiger charge is -2.08. The molecule has 0 saturated heterocycles. The zero-order valence-electron chi connectivity index (χ0n) is 7.59. The third-order valence-electron chi connectivity index (χ3n) is 2.25. The number of rotatable bonds is 4. The number of nitrogens with one attached hydrogen (secondary N) is 1. The highest BCUT2D eigenvalue weighted by atomic mass is 16.2. The maximum Gasteiger partial charge on any atom is 0.223 e. The van der Waals surface area contributed by atoms with Crippen molar-refractivity contribution in [3.8, 4) is 0 Å². The molecule has 3 nitrogen and oxygen atoms in total. The maximum absolute atomic E-state index is 11.3. The van der Waals surface area contributed by atoms with Gasteiger partial charge in [0.25, 0.3) is 0 Å². The predicted molar refractivity (Wildman–Crippen MR) is 45.6 cm³/mol. The highest BCUT2D eigenvalue weighted by molar-refractivity contribution is 5.85. The Hall–Kier alpha value is -0.860. The molecule has 0 radical (unpaired) electrons. The fourth-order valence-corrected chi connectivity index (χ4v) is 1.18. The second-order valence-electron chi connectivity index (χ2n) is 3.55. The van der Waals surface area contributed by atoms with Crippen molar-refractivity contribution in [3.63, 3.8) is 0 Å². The zero-order valence-corrected chi connectivity index (χ0v) is 7.59. The molecule has 1 aliphatic rings. The molecule has 0 bridgehead atoms. The third kappa shape index (κ3) is 2.64. The SMILES string of the molecule is CC(=O)CNC(=O)[C@H](C)C1CC1. The first-order chi connectivity index (χ1) is 5.61. The van der Waals surface area contributed by atoms with Gasteiger partial charge in [0.15, 0.2) is 0 Å². The molecule has 3 heteroatoms. The number of amides is 1. The molecule has 0 unspecified atom stereocenters. The van der Waals surface area contributed by atoms with E-state index in [9.17, 15) is 9.59 Å². The maximum atomic E-state index is 11.3. The van der Waals surface area contributed by atoms with Crippen LogP contribution >= 0.6 is 0 Å². The van der Waals surface area contributed by atoms with E-state index in [4.69, 9.17) is 0 Å². The van der Waals surface area contributed by atoms with E-state index in [1.54, 1.807) is 0 Å². The van der Waals surface area contributed by atoms with Gasteiger partial charge in [0, 0.05) is 5.92 Å². The molecule has 1 saturated carbocycles. The fraction of sp³-hybridized carbons (Fsp3) is 0.778. The largest absolute Gasteiger partial charge is 0.349 e. The van der Waals surface area contributed by atoms with Crippen LogP contribution in [-0.2, 0) is 9.59 Å². The lowest BCUT2D eigenvalue weighted by molar-refractivity contribution is -0.127. The summed E-state index contributed by atoms with van der Waals surface area (Å²) in [5.74, 6) is 0.681. The molecule has 1 amide bonds. The van der Waals surface area contributed by atoms with Crippen molar-refractivity contribution in [1.29, 1.82) is 0 Å². The fourth-order valence-electron chi connectivity index (χ4n) is 1.18. The summed E-state index contributed by atoms with van der Waals surface area (Å²) in [7, 11) is 0. The van der Waals surface area contributed by atoms with E-state index in [0.717, 1.165) is 12.8 Å². The predicted octanol–water partition coefficient (Wildman–Crippen LogP) is 0.738. The molecule has 1 N–H and O–H groups in total. The van der Waals surface area contributed by atoms with E-state index in [0.29, 0.717) is 5.92 Å². The molecule has 0 aromatic rings. The topological polar surface area (TPSA) is 46.2 Å². The van der Waals surface area contributed by atoms with Gasteiger partial charge in [-0.3, -0.25) is 9.59 Å². The van der Waals surface area contributed by atoms with Gasteiger partial charge in [-0.25, -0.2) is 0 Å². The van der Waals surface area contributed by atoms with Gasteiger partial charge in [-0.15, -0.1) is 0 Å². The third-order valence-corrected chi connectivity index (χ3v) is 2.25. The van der Waals surface area contributed by atoms with E-state index in [2.05, 4.69) is 5.32 Å². The molecule has 0 aromatic carbocycles. The summed E-state index contributed by atoms with van der Waals surface area (Å²) in [4.78, 5) is 21.8. The first-order valence-corrected chi connectivity index (χ1v) is 4.38. The van der Waals surface area contributed by atoms with E-state index in [-0.39, 0.29) is 24.2 Å². The average Bonchev–Trinajstić information content (AvgIpc) is 2.80. The summed E-state index contributed by atoms with van der Waals surface area (Å²) in [6, 6.07) is 0. The first-order valence-electron chi connectivity index (χ1n) is 4.38. The average molecular weight is 169 g/mol. The Morgan fingerprint density at radius 1 is 1.50 bits per heavy atom. The van der Waals surface area contributed by atoms with Crippen molar-refractivity contribution >= 4 is 11.7 Å². The van der Waals surface area contributed by atoms with Crippen LogP contribution in [0.3, 0.4) is 0 Å². The van der Waals surface area contributed by atoms with Gasteiger partial charge in [-0.1, -0.05) is 6.92 Å². The highest BCUT2D eigenvalue weighted by Gasteiger charge is 2.32. The Morgan fingerprint density at radius 2 is 2.08 bits per heavy atom. The van der Waals surface area contributed by atoms with Crippen LogP contribution in [0.25, 0.3) is 0 Å². The Morgan fingerprint density at radius 3 is 2.50 bits per heavy atom. The van der Waals surface area contributed by atoms with Gasteiger partial charge < -0.3 is 5.32 Å². The number of hydrogen-bond donors (Lipinski definition) is 1. The summed E-state index contributed by atoms with van der Waals surface area (Å²) < 4.78 is 0. The van der Waals surface area contributed by atoms with Gasteiger partial charge in [-0.2, -0.15) is 0 Å². The molecular formula is C9H15NO2. The van der Waals surface area contributed by atoms with Crippen molar-refractivity contribution in [1.82, 2.24) is 5.32 Å². The van der Waals surface area contributed by atoms with Crippen molar-refractivity contribution in [2.24, 2.45) is 11.8 Å². The van der Waals surface area contributed by atoms with Gasteiger partial charge in [0.2, 0.25) is 5.91 Å². The quantitative estimate of drug-likeness (QED) is 0.674. The second-order valence-corrected chi connectivity index (χ2v) is 3.55. The molecule has 68 valence electrons. The Labute approximate surface area is 72.5 Å². The van der Waals surface area contributed by atoms with Crippen LogP contribution in [-0.4, -0.2) is 18.2 Å². The van der Waals surface area contributed by atoms with E-state index in [1.165, 1.54) is 6.92 Å². The Kier molecular flexibility index (Phi) is 2.84. The van der Waals surface area contributed by atoms with E-state index in [1.807, 2.05) is 6.92 Å². The number of carbonyl (C=O) groups excluding carboxylic acids is 2. The normalized spacial score (nSPS) is 18.5. The van der Waals surface area contributed by atoms with Gasteiger partial charge in [0.05, 0.1) is 6.54 Å². The van der Waals surface area contributed by atoms with Crippen LogP contribution in [0.1, 0.15) is 26.7 Å². The minimum Gasteiger partial charge on any atom is -0.349 e. The summed E-state index contributed by atoms with van der Waals surface area (Å²) >= 11 is 0. The Bertz CT molecular complexity index is 197. The first kappa shape index (κ1) is 9.23. The zero-order chi connectivity index (χ0) is 9.14. The lowest BCUT2D eigenvalue weighted by Crippen LogP contribution is -2.33. The monoisotopic (exact) mass is 169 g/mol. The number of Topliss-reactive ketones (excluding diaryl/α,β-unsaturated/α-hetero) is 1. The summed E-state index contributed by atoms with van der Waals surface area (Å²) in [6.45, 7) is 3.57. The summed E-state index contributed by atoms with van der Waals surface area (Å²) in [5.41, 5.74) is 0. The summed E-state index contributed by atoms with van der Waals surface area (Å²) in [5, 5.41) is 2.61. The Balaban J connectivity index is 2.22. The molecule has 1 atom stereocenters. The van der Waals surface area contributed by atoms with Crippen molar-refractivity contribution in [3.05, 3.63) is 0 Å². The number of hydrogen-bond acceptors (Lipinski definition) is 2. The summed E-state index contributed by atoms with van der Waals surface area (Å²) in [6.07, 6.45) is 2.32. The standard InChI is InChI=1S/C9H15NO2/c1-6(11)5-10-9(12)7(2)8-3-4-8/h7-8H,3-5H2,1-2H3,(H,10,12)/t7-/m1/s1. The van der Waals surface area contributed by atoms with Gasteiger partial charge >= 0.3 is 0 Å². The van der Waals surface area contributed by atoms with Crippen LogP contribution in [0, 0.1) is 11.8 Å². The smallest absolute Gasteiger partial charge is 0.223 e. The van der Waals surface area contributed by atoms with Gasteiger partial charge in [0.1, 0.15) is 5.78 Å². The number of carbonyl (C=O) groups is 2. The second kappa shape index (κ2) is 3.70. The minimum atomic E-state index is 0.00588. The van der Waals surface area contributed by atoms with E-state index >= 15 is 0 Å². The van der Waals surface area contributed by atoms with Crippen LogP contribution in [0.15, 0.2) is 0 Å². The number of ketones is 1. The molecule has 0 heterocycles. The molecule has 0 aliphatic heterocycles. The van der Waals surface area contributed by atoms with Crippen molar-refractivity contribution in [2.75, 3.05) is 6.54 Å². The highest BCUT2D eigenvalue weighted by Crippen LogP contribution is 2.36. The molecular weight excluding hydrogens is 154 g/mol. The van der Waals surface area contributed by atoms with Crippen molar-refractivity contribution < 1.29 is 9.59 Å². The van der Waals surface area contributed by atoms with Crippen LogP contribution in [0.4, 0.5) is 0 Å². The molecule has 1 rings (SSSR count). The molecule has 0 spiro atoms. The van der Waals surface area contributed by atoms with E-state index < -0.39 is 0 Å². The van der Waals surface area contributed by atoms with Gasteiger partial charge in [-0.05, 0) is 25.7 Å². The molecule has 1 fully saturated rings. The van der Waals surface area contributed by atoms with Crippen molar-refractivity contribution in [2.45, 2.75) is 26.7 Å². The molecule has 12 heavy (non-hydrogen) atoms. The molecule has 1 aliphatic carbocycles.